The van der Waals surface area contributed by atoms with Gasteiger partial charge in [-0.05, 0) is 24.8 Å². The van der Waals surface area contributed by atoms with E-state index in [9.17, 15) is 9.90 Å². The second kappa shape index (κ2) is 7.03. The Morgan fingerprint density at radius 2 is 2.18 bits per heavy atom. The summed E-state index contributed by atoms with van der Waals surface area (Å²) in [5.74, 6) is -0.177. The molecule has 1 amide bonds. The lowest BCUT2D eigenvalue weighted by molar-refractivity contribution is -0.144. The lowest BCUT2D eigenvalue weighted by Crippen LogP contribution is -2.44. The van der Waals surface area contributed by atoms with Crippen molar-refractivity contribution in [2.45, 2.75) is 37.8 Å². The summed E-state index contributed by atoms with van der Waals surface area (Å²) < 4.78 is 0. The van der Waals surface area contributed by atoms with Crippen LogP contribution in [0.25, 0.3) is 0 Å². The van der Waals surface area contributed by atoms with Crippen LogP contribution in [0.3, 0.4) is 0 Å². The maximum atomic E-state index is 12.7. The van der Waals surface area contributed by atoms with E-state index < -0.39 is 6.10 Å². The number of likely N-dealkylation sites (tertiary alicyclic amines) is 1. The molecule has 3 rings (SSSR count). The van der Waals surface area contributed by atoms with E-state index in [0.717, 1.165) is 29.8 Å². The summed E-state index contributed by atoms with van der Waals surface area (Å²) in [7, 11) is 0. The van der Waals surface area contributed by atoms with Gasteiger partial charge in [0.1, 0.15) is 11.1 Å². The fourth-order valence-corrected chi connectivity index (χ4v) is 3.75. The largest absolute Gasteiger partial charge is 0.383 e. The summed E-state index contributed by atoms with van der Waals surface area (Å²) >= 11 is 1.58. The van der Waals surface area contributed by atoms with Crippen molar-refractivity contribution in [2.24, 2.45) is 0 Å². The van der Waals surface area contributed by atoms with Crippen LogP contribution < -0.4 is 0 Å². The standard InChI is InChI=1S/C17H20N2O2S/c20-15(12-13-6-2-1-3-7-13)17(21)19-10-5-4-8-14(19)16-18-9-11-22-16/h1-3,6-7,9,11,14-15,20H,4-5,8,10,12H2/t14?,15-/m0/s1. The fourth-order valence-electron chi connectivity index (χ4n) is 2.97. The van der Waals surface area contributed by atoms with Crippen LogP contribution in [0.15, 0.2) is 41.9 Å². The lowest BCUT2D eigenvalue weighted by atomic mass is 10.00. The summed E-state index contributed by atoms with van der Waals surface area (Å²) in [5.41, 5.74) is 0.978. The van der Waals surface area contributed by atoms with Gasteiger partial charge < -0.3 is 10.0 Å². The van der Waals surface area contributed by atoms with Crippen LogP contribution in [-0.4, -0.2) is 33.5 Å². The van der Waals surface area contributed by atoms with E-state index in [1.165, 1.54) is 0 Å². The average Bonchev–Trinajstić information content (AvgIpc) is 3.09. The fraction of sp³-hybridized carbons (Fsp3) is 0.412. The molecule has 1 saturated heterocycles. The van der Waals surface area contributed by atoms with E-state index in [0.29, 0.717) is 13.0 Å². The first-order valence-corrected chi connectivity index (χ1v) is 8.55. The number of carbonyl (C=O) groups excluding carboxylic acids is 1. The number of rotatable bonds is 4. The normalized spacial score (nSPS) is 19.9. The van der Waals surface area contributed by atoms with Gasteiger partial charge in [0.2, 0.25) is 0 Å². The van der Waals surface area contributed by atoms with Crippen LogP contribution >= 0.6 is 11.3 Å². The molecule has 1 aliphatic rings. The molecule has 5 heteroatoms. The summed E-state index contributed by atoms with van der Waals surface area (Å²) in [5, 5.41) is 13.2. The highest BCUT2D eigenvalue weighted by Crippen LogP contribution is 2.32. The minimum Gasteiger partial charge on any atom is -0.383 e. The van der Waals surface area contributed by atoms with Crippen LogP contribution in [0, 0.1) is 0 Å². The zero-order valence-electron chi connectivity index (χ0n) is 12.4. The predicted octanol–water partition coefficient (Wildman–Crippen LogP) is 2.80. The molecular weight excluding hydrogens is 296 g/mol. The molecule has 1 fully saturated rings. The van der Waals surface area contributed by atoms with E-state index in [1.807, 2.05) is 40.6 Å². The van der Waals surface area contributed by atoms with Crippen LogP contribution in [0.2, 0.25) is 0 Å². The molecule has 2 aromatic rings. The summed E-state index contributed by atoms with van der Waals surface area (Å²) in [6.45, 7) is 0.703. The number of amides is 1. The van der Waals surface area contributed by atoms with Crippen LogP contribution in [0.5, 0.6) is 0 Å². The first kappa shape index (κ1) is 15.2. The van der Waals surface area contributed by atoms with Crippen molar-refractivity contribution in [3.8, 4) is 0 Å². The number of hydrogen-bond donors (Lipinski definition) is 1. The van der Waals surface area contributed by atoms with Crippen molar-refractivity contribution in [1.82, 2.24) is 9.88 Å². The van der Waals surface area contributed by atoms with Gasteiger partial charge in [-0.1, -0.05) is 30.3 Å². The van der Waals surface area contributed by atoms with Crippen molar-refractivity contribution in [3.05, 3.63) is 52.5 Å². The second-order valence-electron chi connectivity index (χ2n) is 5.62. The number of carbonyl (C=O) groups is 1. The van der Waals surface area contributed by atoms with Crippen molar-refractivity contribution in [2.75, 3.05) is 6.54 Å². The van der Waals surface area contributed by atoms with Crippen LogP contribution in [0.4, 0.5) is 0 Å². The maximum absolute atomic E-state index is 12.7. The Hall–Kier alpha value is -1.72. The Bertz CT molecular complexity index is 600. The Morgan fingerprint density at radius 3 is 2.91 bits per heavy atom. The molecule has 0 spiro atoms. The van der Waals surface area contributed by atoms with E-state index >= 15 is 0 Å². The Balaban J connectivity index is 1.71. The highest BCUT2D eigenvalue weighted by molar-refractivity contribution is 7.09. The Morgan fingerprint density at radius 1 is 1.36 bits per heavy atom. The molecule has 1 aromatic carbocycles. The van der Waals surface area contributed by atoms with Gasteiger partial charge in [-0.2, -0.15) is 0 Å². The maximum Gasteiger partial charge on any atom is 0.252 e. The highest BCUT2D eigenvalue weighted by atomic mass is 32.1. The van der Waals surface area contributed by atoms with Crippen molar-refractivity contribution >= 4 is 17.2 Å². The molecule has 1 unspecified atom stereocenters. The molecule has 0 radical (unpaired) electrons. The van der Waals surface area contributed by atoms with Gasteiger partial charge >= 0.3 is 0 Å². The third-order valence-electron chi connectivity index (χ3n) is 4.08. The average molecular weight is 316 g/mol. The number of thiazole rings is 1. The predicted molar refractivity (Wildman–Crippen MR) is 86.6 cm³/mol. The monoisotopic (exact) mass is 316 g/mol. The third-order valence-corrected chi connectivity index (χ3v) is 4.96. The Kier molecular flexibility index (Phi) is 4.85. The van der Waals surface area contributed by atoms with Gasteiger partial charge in [0, 0.05) is 24.5 Å². The van der Waals surface area contributed by atoms with Gasteiger partial charge in [-0.15, -0.1) is 11.3 Å². The number of aliphatic hydroxyl groups is 1. The zero-order valence-corrected chi connectivity index (χ0v) is 13.2. The van der Waals surface area contributed by atoms with Crippen molar-refractivity contribution < 1.29 is 9.90 Å². The number of piperidine rings is 1. The molecule has 1 N–H and O–H groups in total. The minimum absolute atomic E-state index is 0.0201. The first-order chi connectivity index (χ1) is 10.8. The quantitative estimate of drug-likeness (QED) is 0.943. The number of benzene rings is 1. The molecular formula is C17H20N2O2S. The number of nitrogens with zero attached hydrogens (tertiary/aromatic N) is 2. The van der Waals surface area contributed by atoms with Gasteiger partial charge in [-0.3, -0.25) is 4.79 Å². The van der Waals surface area contributed by atoms with E-state index in [4.69, 9.17) is 0 Å². The van der Waals surface area contributed by atoms with Gasteiger partial charge in [0.05, 0.1) is 6.04 Å². The SMILES string of the molecule is O=C([C@@H](O)Cc1ccccc1)N1CCCCC1c1nccs1. The summed E-state index contributed by atoms with van der Waals surface area (Å²) in [6, 6.07) is 9.67. The van der Waals surface area contributed by atoms with E-state index in [2.05, 4.69) is 4.98 Å². The number of hydrogen-bond acceptors (Lipinski definition) is 4. The van der Waals surface area contributed by atoms with E-state index in [1.54, 1.807) is 17.5 Å². The van der Waals surface area contributed by atoms with Crippen LogP contribution in [0.1, 0.15) is 35.9 Å². The molecule has 1 aliphatic heterocycles. The molecule has 22 heavy (non-hydrogen) atoms. The smallest absolute Gasteiger partial charge is 0.252 e. The molecule has 116 valence electrons. The minimum atomic E-state index is -0.983. The summed E-state index contributed by atoms with van der Waals surface area (Å²) in [4.78, 5) is 18.8. The molecule has 2 atom stereocenters. The Labute approximate surface area is 134 Å². The molecule has 2 heterocycles. The number of aromatic nitrogens is 1. The molecule has 0 bridgehead atoms. The third kappa shape index (κ3) is 3.36. The topological polar surface area (TPSA) is 53.4 Å². The lowest BCUT2D eigenvalue weighted by Gasteiger charge is -2.35. The van der Waals surface area contributed by atoms with Crippen molar-refractivity contribution in [3.63, 3.8) is 0 Å². The van der Waals surface area contributed by atoms with Crippen LogP contribution in [-0.2, 0) is 11.2 Å². The molecule has 1 aromatic heterocycles. The van der Waals surface area contributed by atoms with Gasteiger partial charge in [-0.25, -0.2) is 4.98 Å². The number of aliphatic hydroxyl groups excluding tert-OH is 1. The summed E-state index contributed by atoms with van der Waals surface area (Å²) in [6.07, 6.45) is 4.17. The highest BCUT2D eigenvalue weighted by Gasteiger charge is 2.32. The van der Waals surface area contributed by atoms with Gasteiger partial charge in [0.15, 0.2) is 0 Å². The zero-order chi connectivity index (χ0) is 15.4. The molecule has 0 saturated carbocycles. The van der Waals surface area contributed by atoms with E-state index in [-0.39, 0.29) is 11.9 Å². The molecule has 0 aliphatic carbocycles. The second-order valence-corrected chi connectivity index (χ2v) is 6.55. The van der Waals surface area contributed by atoms with Crippen molar-refractivity contribution in [1.29, 1.82) is 0 Å². The molecule has 4 nitrogen and oxygen atoms in total. The first-order valence-electron chi connectivity index (χ1n) is 7.67. The van der Waals surface area contributed by atoms with Gasteiger partial charge in [0.25, 0.3) is 5.91 Å².